The third-order valence-electron chi connectivity index (χ3n) is 7.68. The van der Waals surface area contributed by atoms with Crippen LogP contribution in [0.3, 0.4) is 0 Å². The number of piperidine rings is 1. The van der Waals surface area contributed by atoms with Crippen LogP contribution in [0.1, 0.15) is 44.8 Å². The molecule has 204 valence electrons. The van der Waals surface area contributed by atoms with Crippen LogP contribution in [0.15, 0.2) is 36.9 Å². The largest absolute Gasteiger partial charge is 0.490 e. The maximum atomic E-state index is 6.52. The molecule has 1 atom stereocenters. The summed E-state index contributed by atoms with van der Waals surface area (Å²) in [6, 6.07) is 4.15. The lowest BCUT2D eigenvalue weighted by Gasteiger charge is -2.31. The van der Waals surface area contributed by atoms with Gasteiger partial charge < -0.3 is 19.7 Å². The smallest absolute Gasteiger partial charge is 0.222 e. The summed E-state index contributed by atoms with van der Waals surface area (Å²) in [5.41, 5.74) is 3.83. The highest BCUT2D eigenvalue weighted by atomic mass is 16.5. The number of nitrogens with one attached hydrogen (secondary N) is 1. The molecule has 4 aromatic heterocycles. The SMILES string of the molecule is CCN1CCC(n2ncc(-c3cnc4cc3O[C@@H](C)CCOc3c(cnn3C)-c3nccc(n3)N4)c2C)CC1. The zero-order chi connectivity index (χ0) is 26.9. The van der Waals surface area contributed by atoms with Crippen molar-refractivity contribution in [2.24, 2.45) is 7.05 Å². The zero-order valence-electron chi connectivity index (χ0n) is 23.0. The Morgan fingerprint density at radius 1 is 1.00 bits per heavy atom. The van der Waals surface area contributed by atoms with E-state index in [1.807, 2.05) is 31.6 Å². The van der Waals surface area contributed by atoms with Crippen molar-refractivity contribution >= 4 is 11.6 Å². The minimum atomic E-state index is -0.0959. The van der Waals surface area contributed by atoms with Crippen LogP contribution in [0.5, 0.6) is 11.6 Å². The van der Waals surface area contributed by atoms with E-state index in [9.17, 15) is 0 Å². The molecular weight excluding hydrogens is 494 g/mol. The molecular formula is C28H35N9O2. The lowest BCUT2D eigenvalue weighted by molar-refractivity contribution is 0.173. The van der Waals surface area contributed by atoms with Crippen LogP contribution in [-0.2, 0) is 7.05 Å². The molecule has 6 heterocycles. The molecule has 2 aliphatic heterocycles. The summed E-state index contributed by atoms with van der Waals surface area (Å²) < 4.78 is 16.5. The normalized spacial score (nSPS) is 18.4. The van der Waals surface area contributed by atoms with Gasteiger partial charge in [0.25, 0.3) is 0 Å². The Balaban J connectivity index is 1.34. The topological polar surface area (TPSA) is 108 Å². The van der Waals surface area contributed by atoms with Gasteiger partial charge in [-0.3, -0.25) is 4.68 Å². The second kappa shape index (κ2) is 10.6. The first-order valence-corrected chi connectivity index (χ1v) is 13.7. The highest BCUT2D eigenvalue weighted by molar-refractivity contribution is 5.74. The van der Waals surface area contributed by atoms with Gasteiger partial charge in [0, 0.05) is 61.8 Å². The number of rotatable bonds is 3. The van der Waals surface area contributed by atoms with Gasteiger partial charge in [0.15, 0.2) is 5.82 Å². The van der Waals surface area contributed by atoms with Crippen molar-refractivity contribution in [2.45, 2.75) is 52.2 Å². The molecule has 1 fully saturated rings. The van der Waals surface area contributed by atoms with Crippen LogP contribution in [-0.4, -0.2) is 71.8 Å². The Hall–Kier alpha value is -3.99. The summed E-state index contributed by atoms with van der Waals surface area (Å²) in [5, 5.41) is 12.5. The molecule has 6 rings (SSSR count). The average molecular weight is 530 g/mol. The van der Waals surface area contributed by atoms with E-state index in [0.717, 1.165) is 60.6 Å². The van der Waals surface area contributed by atoms with Crippen molar-refractivity contribution in [3.8, 4) is 34.1 Å². The lowest BCUT2D eigenvalue weighted by Crippen LogP contribution is -2.34. The Morgan fingerprint density at radius 3 is 2.64 bits per heavy atom. The van der Waals surface area contributed by atoms with Crippen LogP contribution in [0.2, 0.25) is 0 Å². The van der Waals surface area contributed by atoms with Gasteiger partial charge in [0.2, 0.25) is 5.88 Å². The summed E-state index contributed by atoms with van der Waals surface area (Å²) in [6.07, 6.45) is 10.1. The molecule has 0 radical (unpaired) electrons. The van der Waals surface area contributed by atoms with Gasteiger partial charge in [-0.25, -0.2) is 19.6 Å². The van der Waals surface area contributed by atoms with Crippen molar-refractivity contribution in [3.05, 3.63) is 42.6 Å². The highest BCUT2D eigenvalue weighted by Crippen LogP contribution is 2.37. The van der Waals surface area contributed by atoms with E-state index in [2.05, 4.69) is 45.8 Å². The Labute approximate surface area is 228 Å². The van der Waals surface area contributed by atoms with Gasteiger partial charge in [-0.1, -0.05) is 6.92 Å². The quantitative estimate of drug-likeness (QED) is 0.413. The molecule has 0 spiro atoms. The summed E-state index contributed by atoms with van der Waals surface area (Å²) >= 11 is 0. The van der Waals surface area contributed by atoms with Crippen LogP contribution in [0.4, 0.5) is 11.6 Å². The molecule has 4 bridgehead atoms. The highest BCUT2D eigenvalue weighted by Gasteiger charge is 2.24. The van der Waals surface area contributed by atoms with Crippen molar-refractivity contribution in [1.82, 2.24) is 39.4 Å². The minimum Gasteiger partial charge on any atom is -0.490 e. The molecule has 0 amide bonds. The first kappa shape index (κ1) is 25.3. The van der Waals surface area contributed by atoms with Crippen LogP contribution in [0, 0.1) is 6.92 Å². The Morgan fingerprint density at radius 2 is 1.82 bits per heavy atom. The van der Waals surface area contributed by atoms with E-state index in [0.29, 0.717) is 42.4 Å². The van der Waals surface area contributed by atoms with Crippen LogP contribution in [0.25, 0.3) is 22.5 Å². The van der Waals surface area contributed by atoms with E-state index in [4.69, 9.17) is 24.5 Å². The van der Waals surface area contributed by atoms with E-state index in [1.54, 1.807) is 17.1 Å². The number of pyridine rings is 1. The number of fused-ring (bicyclic) bond motifs is 6. The second-order valence-corrected chi connectivity index (χ2v) is 10.3. The number of aromatic nitrogens is 7. The molecule has 39 heavy (non-hydrogen) atoms. The van der Waals surface area contributed by atoms with Crippen LogP contribution >= 0.6 is 0 Å². The van der Waals surface area contributed by atoms with Gasteiger partial charge in [0.05, 0.1) is 31.1 Å². The van der Waals surface area contributed by atoms with Crippen molar-refractivity contribution in [3.63, 3.8) is 0 Å². The van der Waals surface area contributed by atoms with Gasteiger partial charge in [-0.15, -0.1) is 0 Å². The number of anilines is 2. The monoisotopic (exact) mass is 529 g/mol. The molecule has 2 aliphatic rings. The molecule has 4 aromatic rings. The Bertz CT molecular complexity index is 1460. The predicted octanol–water partition coefficient (Wildman–Crippen LogP) is 4.39. The summed E-state index contributed by atoms with van der Waals surface area (Å²) in [5.74, 6) is 3.17. The van der Waals surface area contributed by atoms with E-state index in [-0.39, 0.29) is 6.10 Å². The van der Waals surface area contributed by atoms with Gasteiger partial charge in [-0.05, 0) is 39.3 Å². The average Bonchev–Trinajstić information content (AvgIpc) is 3.51. The maximum absolute atomic E-state index is 6.52. The lowest BCUT2D eigenvalue weighted by atomic mass is 10.0. The van der Waals surface area contributed by atoms with Gasteiger partial charge in [0.1, 0.15) is 22.9 Å². The third kappa shape index (κ3) is 5.06. The number of aryl methyl sites for hydroxylation is 1. The summed E-state index contributed by atoms with van der Waals surface area (Å²) in [7, 11) is 1.85. The maximum Gasteiger partial charge on any atom is 0.222 e. The number of hydrogen-bond acceptors (Lipinski definition) is 9. The van der Waals surface area contributed by atoms with E-state index < -0.39 is 0 Å². The van der Waals surface area contributed by atoms with Gasteiger partial charge in [-0.2, -0.15) is 10.2 Å². The summed E-state index contributed by atoms with van der Waals surface area (Å²) in [4.78, 5) is 16.4. The predicted molar refractivity (Wildman–Crippen MR) is 148 cm³/mol. The number of nitrogens with zero attached hydrogens (tertiary/aromatic N) is 8. The second-order valence-electron chi connectivity index (χ2n) is 10.3. The third-order valence-corrected chi connectivity index (χ3v) is 7.68. The molecule has 1 saturated heterocycles. The zero-order valence-corrected chi connectivity index (χ0v) is 23.0. The fourth-order valence-corrected chi connectivity index (χ4v) is 5.38. The van der Waals surface area contributed by atoms with Crippen LogP contribution < -0.4 is 14.8 Å². The first-order chi connectivity index (χ1) is 19.0. The van der Waals surface area contributed by atoms with E-state index >= 15 is 0 Å². The molecule has 1 N–H and O–H groups in total. The van der Waals surface area contributed by atoms with E-state index in [1.165, 1.54) is 0 Å². The molecule has 11 nitrogen and oxygen atoms in total. The van der Waals surface area contributed by atoms with Gasteiger partial charge >= 0.3 is 0 Å². The number of hydrogen-bond donors (Lipinski definition) is 1. The fraction of sp³-hybridized carbons (Fsp3) is 0.464. The fourth-order valence-electron chi connectivity index (χ4n) is 5.38. The first-order valence-electron chi connectivity index (χ1n) is 13.7. The summed E-state index contributed by atoms with van der Waals surface area (Å²) in [6.45, 7) is 10.2. The minimum absolute atomic E-state index is 0.0959. The van der Waals surface area contributed by atoms with Crippen molar-refractivity contribution < 1.29 is 9.47 Å². The standard InChI is InChI=1S/C28H35N9O2/c1-5-36-11-7-20(8-12-36)37-19(3)21(16-32-37)22-15-30-26-14-24(22)39-18(2)9-13-38-28-23(17-31-35(28)4)27-29-10-6-25(33-26)34-27/h6,10,14-18,20H,5,7-9,11-13H2,1-4H3,(H,29,30,33,34)/t18-/m0/s1. The molecule has 11 heteroatoms. The number of ether oxygens (including phenoxy) is 2. The Kier molecular flexibility index (Phi) is 6.90. The molecule has 0 saturated carbocycles. The van der Waals surface area contributed by atoms with Crippen molar-refractivity contribution in [2.75, 3.05) is 31.6 Å². The van der Waals surface area contributed by atoms with Crippen molar-refractivity contribution in [1.29, 1.82) is 0 Å². The molecule has 0 aliphatic carbocycles. The number of likely N-dealkylation sites (tertiary alicyclic amines) is 1. The molecule has 0 aromatic carbocycles. The molecule has 0 unspecified atom stereocenters.